The number of carbonyl (C=O) groups excluding carboxylic acids is 1. The minimum atomic E-state index is -0.0443. The minimum absolute atomic E-state index is 0.0443. The zero-order valence-electron chi connectivity index (χ0n) is 17.5. The summed E-state index contributed by atoms with van der Waals surface area (Å²) in [6.45, 7) is 6.03. The predicted octanol–water partition coefficient (Wildman–Crippen LogP) is 4.60. The first kappa shape index (κ1) is 22.3. The third-order valence-electron chi connectivity index (χ3n) is 5.04. The fraction of sp³-hybridized carbons (Fsp3) is 0.304. The highest BCUT2D eigenvalue weighted by molar-refractivity contribution is 6.35. The molecule has 0 saturated carbocycles. The molecule has 1 heterocycles. The van der Waals surface area contributed by atoms with Gasteiger partial charge in [0.15, 0.2) is 0 Å². The lowest BCUT2D eigenvalue weighted by Crippen LogP contribution is -2.34. The number of benzene rings is 2. The highest BCUT2D eigenvalue weighted by Gasteiger charge is 2.14. The smallest absolute Gasteiger partial charge is 0.234 e. The fourth-order valence-electron chi connectivity index (χ4n) is 3.38. The molecular weight excluding hydrogens is 419 g/mol. The molecule has 1 N–H and O–H groups in total. The fourth-order valence-corrected chi connectivity index (χ4v) is 3.85. The number of aryl methyl sites for hydroxylation is 1. The summed E-state index contributed by atoms with van der Waals surface area (Å²) < 4.78 is 1.99. The normalized spacial score (nSPS) is 11.1. The maximum Gasteiger partial charge on any atom is 0.234 e. The Labute approximate surface area is 187 Å². The van der Waals surface area contributed by atoms with Crippen molar-refractivity contribution < 1.29 is 4.79 Å². The first-order chi connectivity index (χ1) is 14.3. The Morgan fingerprint density at radius 2 is 1.87 bits per heavy atom. The molecule has 0 aliphatic rings. The Kier molecular flexibility index (Phi) is 7.53. The van der Waals surface area contributed by atoms with Crippen LogP contribution in [-0.4, -0.2) is 34.2 Å². The molecule has 7 heteroatoms. The first-order valence-electron chi connectivity index (χ1n) is 9.79. The van der Waals surface area contributed by atoms with Crippen LogP contribution in [0.5, 0.6) is 0 Å². The van der Waals surface area contributed by atoms with Gasteiger partial charge in [-0.25, -0.2) is 0 Å². The Morgan fingerprint density at radius 3 is 2.57 bits per heavy atom. The van der Waals surface area contributed by atoms with Gasteiger partial charge < -0.3 is 5.32 Å². The van der Waals surface area contributed by atoms with E-state index in [4.69, 9.17) is 23.2 Å². The molecule has 0 radical (unpaired) electrons. The molecule has 1 aromatic heterocycles. The Hall–Kier alpha value is -2.34. The lowest BCUT2D eigenvalue weighted by atomic mass is 10.2. The van der Waals surface area contributed by atoms with E-state index in [2.05, 4.69) is 22.5 Å². The van der Waals surface area contributed by atoms with Crippen LogP contribution < -0.4 is 5.32 Å². The highest BCUT2D eigenvalue weighted by atomic mass is 35.5. The van der Waals surface area contributed by atoms with E-state index in [0.29, 0.717) is 29.7 Å². The number of nitrogens with zero attached hydrogens (tertiary/aromatic N) is 3. The maximum atomic E-state index is 12.4. The summed E-state index contributed by atoms with van der Waals surface area (Å²) in [5, 5.41) is 8.86. The van der Waals surface area contributed by atoms with E-state index in [0.717, 1.165) is 22.5 Å². The van der Waals surface area contributed by atoms with Crippen molar-refractivity contribution in [1.82, 2.24) is 20.0 Å². The average Bonchev–Trinajstić information content (AvgIpc) is 2.96. The van der Waals surface area contributed by atoms with Gasteiger partial charge in [0, 0.05) is 34.4 Å². The monoisotopic (exact) mass is 444 g/mol. The molecule has 5 nitrogen and oxygen atoms in total. The first-order valence-corrected chi connectivity index (χ1v) is 10.5. The van der Waals surface area contributed by atoms with Crippen molar-refractivity contribution in [2.45, 2.75) is 33.5 Å². The number of hydrogen-bond donors (Lipinski definition) is 1. The molecule has 1 amide bonds. The van der Waals surface area contributed by atoms with Gasteiger partial charge in [-0.2, -0.15) is 5.10 Å². The van der Waals surface area contributed by atoms with Gasteiger partial charge in [0.2, 0.25) is 5.91 Å². The van der Waals surface area contributed by atoms with Gasteiger partial charge >= 0.3 is 0 Å². The van der Waals surface area contributed by atoms with Crippen LogP contribution in [0.3, 0.4) is 0 Å². The second-order valence-electron chi connectivity index (χ2n) is 7.48. The summed E-state index contributed by atoms with van der Waals surface area (Å²) in [5.41, 5.74) is 5.19. The largest absolute Gasteiger partial charge is 0.351 e. The lowest BCUT2D eigenvalue weighted by Gasteiger charge is -2.17. The van der Waals surface area contributed by atoms with Gasteiger partial charge in [-0.15, -0.1) is 0 Å². The van der Waals surface area contributed by atoms with Crippen LogP contribution in [-0.2, 0) is 24.4 Å². The van der Waals surface area contributed by atoms with Crippen LogP contribution >= 0.6 is 23.2 Å². The van der Waals surface area contributed by atoms with Crippen LogP contribution in [0.25, 0.3) is 0 Å². The van der Waals surface area contributed by atoms with Crippen LogP contribution in [0.2, 0.25) is 10.0 Å². The van der Waals surface area contributed by atoms with Gasteiger partial charge in [0.1, 0.15) is 0 Å². The van der Waals surface area contributed by atoms with Crippen molar-refractivity contribution >= 4 is 29.1 Å². The number of carbonyl (C=O) groups is 1. The third-order valence-corrected chi connectivity index (χ3v) is 5.62. The standard InChI is InChI=1S/C23H26Cl2N4O/c1-16-21(17(2)29(27-16)13-18-7-5-4-6-8-18)12-26-23(30)15-28(3)14-19-9-10-20(24)11-22(19)25/h4-11H,12-15H2,1-3H3,(H,26,30). The maximum absolute atomic E-state index is 12.4. The SMILES string of the molecule is Cc1nn(Cc2ccccc2)c(C)c1CNC(=O)CN(C)Cc1ccc(Cl)cc1Cl. The molecule has 0 unspecified atom stereocenters. The van der Waals surface area contributed by atoms with Crippen molar-refractivity contribution in [2.24, 2.45) is 0 Å². The highest BCUT2D eigenvalue weighted by Crippen LogP contribution is 2.22. The molecule has 0 aliphatic heterocycles. The molecule has 3 aromatic rings. The second-order valence-corrected chi connectivity index (χ2v) is 8.32. The number of amides is 1. The Balaban J connectivity index is 1.55. The molecule has 3 rings (SSSR count). The van der Waals surface area contributed by atoms with Gasteiger partial charge in [0.05, 0.1) is 18.8 Å². The number of aromatic nitrogens is 2. The van der Waals surface area contributed by atoms with Crippen LogP contribution in [0, 0.1) is 13.8 Å². The summed E-state index contributed by atoms with van der Waals surface area (Å²) >= 11 is 12.2. The quantitative estimate of drug-likeness (QED) is 0.551. The van der Waals surface area contributed by atoms with E-state index >= 15 is 0 Å². The number of nitrogens with one attached hydrogen (secondary N) is 1. The number of hydrogen-bond acceptors (Lipinski definition) is 3. The zero-order chi connectivity index (χ0) is 21.7. The Morgan fingerprint density at radius 1 is 1.13 bits per heavy atom. The second kappa shape index (κ2) is 10.1. The van der Waals surface area contributed by atoms with Crippen LogP contribution in [0.1, 0.15) is 28.1 Å². The molecule has 0 saturated heterocycles. The summed E-state index contributed by atoms with van der Waals surface area (Å²) in [6.07, 6.45) is 0. The van der Waals surface area contributed by atoms with E-state index in [-0.39, 0.29) is 12.5 Å². The van der Waals surface area contributed by atoms with E-state index in [9.17, 15) is 4.79 Å². The minimum Gasteiger partial charge on any atom is -0.351 e. The van der Waals surface area contributed by atoms with Crippen molar-refractivity contribution in [2.75, 3.05) is 13.6 Å². The average molecular weight is 445 g/mol. The van der Waals surface area contributed by atoms with Crippen molar-refractivity contribution in [3.63, 3.8) is 0 Å². The number of halogens is 2. The molecule has 0 fully saturated rings. The van der Waals surface area contributed by atoms with E-state index in [1.165, 1.54) is 5.56 Å². The predicted molar refractivity (Wildman–Crippen MR) is 122 cm³/mol. The molecule has 0 bridgehead atoms. The van der Waals surface area contributed by atoms with E-state index in [1.54, 1.807) is 12.1 Å². The summed E-state index contributed by atoms with van der Waals surface area (Å²) in [5.74, 6) is -0.0443. The molecule has 30 heavy (non-hydrogen) atoms. The number of likely N-dealkylation sites (N-methyl/N-ethyl adjacent to an activating group) is 1. The topological polar surface area (TPSA) is 50.2 Å². The van der Waals surface area contributed by atoms with Crippen LogP contribution in [0.15, 0.2) is 48.5 Å². The van der Waals surface area contributed by atoms with Crippen LogP contribution in [0.4, 0.5) is 0 Å². The van der Waals surface area contributed by atoms with Gasteiger partial charge in [-0.1, -0.05) is 59.6 Å². The molecule has 158 valence electrons. The van der Waals surface area contributed by atoms with Gasteiger partial charge in [-0.05, 0) is 44.2 Å². The van der Waals surface area contributed by atoms with E-state index < -0.39 is 0 Å². The van der Waals surface area contributed by atoms with Crippen molar-refractivity contribution in [3.05, 3.63) is 86.7 Å². The Bertz CT molecular complexity index is 1020. The van der Waals surface area contributed by atoms with Gasteiger partial charge in [0.25, 0.3) is 0 Å². The van der Waals surface area contributed by atoms with E-state index in [1.807, 2.05) is 54.7 Å². The van der Waals surface area contributed by atoms with Gasteiger partial charge in [-0.3, -0.25) is 14.4 Å². The molecular formula is C23H26Cl2N4O. The van der Waals surface area contributed by atoms with Crippen molar-refractivity contribution in [1.29, 1.82) is 0 Å². The summed E-state index contributed by atoms with van der Waals surface area (Å²) in [7, 11) is 1.89. The summed E-state index contributed by atoms with van der Waals surface area (Å²) in [6, 6.07) is 15.6. The van der Waals surface area contributed by atoms with Crippen molar-refractivity contribution in [3.8, 4) is 0 Å². The third kappa shape index (κ3) is 5.85. The molecule has 0 spiro atoms. The zero-order valence-corrected chi connectivity index (χ0v) is 19.0. The molecule has 2 aromatic carbocycles. The number of rotatable bonds is 8. The molecule has 0 atom stereocenters. The lowest BCUT2D eigenvalue weighted by molar-refractivity contribution is -0.122. The summed E-state index contributed by atoms with van der Waals surface area (Å²) in [4.78, 5) is 14.4. The molecule has 0 aliphatic carbocycles.